The maximum Gasteiger partial charge on any atom is 0.265 e. The lowest BCUT2D eigenvalue weighted by molar-refractivity contribution is 0.0949. The molecule has 0 radical (unpaired) electrons. The van der Waals surface area contributed by atoms with Gasteiger partial charge in [-0.25, -0.2) is 4.98 Å². The van der Waals surface area contributed by atoms with Crippen LogP contribution in [0.3, 0.4) is 0 Å². The summed E-state index contributed by atoms with van der Waals surface area (Å²) in [6.07, 6.45) is 4.65. The average molecular weight is 310 g/mol. The van der Waals surface area contributed by atoms with Crippen LogP contribution in [0.15, 0.2) is 0 Å². The molecule has 2 fully saturated rings. The number of rotatable bonds is 4. The number of anilines is 2. The topological polar surface area (TPSA) is 80.5 Å². The molecule has 3 rings (SSSR count). The molecule has 116 valence electrons. The van der Waals surface area contributed by atoms with Crippen molar-refractivity contribution >= 4 is 28.2 Å². The highest BCUT2D eigenvalue weighted by atomic mass is 32.1. The first-order valence-electron chi connectivity index (χ1n) is 7.61. The molecule has 2 aliphatic heterocycles. The van der Waals surface area contributed by atoms with E-state index >= 15 is 0 Å². The number of thiazole rings is 1. The van der Waals surface area contributed by atoms with E-state index in [2.05, 4.69) is 15.2 Å². The van der Waals surface area contributed by atoms with Crippen molar-refractivity contribution in [1.29, 1.82) is 0 Å². The van der Waals surface area contributed by atoms with Crippen LogP contribution in [0.2, 0.25) is 0 Å². The Morgan fingerprint density at radius 3 is 2.95 bits per heavy atom. The first-order chi connectivity index (χ1) is 10.2. The van der Waals surface area contributed by atoms with E-state index in [0.29, 0.717) is 23.2 Å². The molecular weight excluding hydrogens is 288 g/mol. The largest absolute Gasteiger partial charge is 0.382 e. The maximum absolute atomic E-state index is 12.2. The van der Waals surface area contributed by atoms with Gasteiger partial charge in [-0.3, -0.25) is 4.79 Å². The van der Waals surface area contributed by atoms with Crippen LogP contribution in [0.5, 0.6) is 0 Å². The van der Waals surface area contributed by atoms with Gasteiger partial charge in [0.05, 0.1) is 6.61 Å². The van der Waals surface area contributed by atoms with E-state index in [1.807, 2.05) is 0 Å². The molecule has 1 aromatic rings. The van der Waals surface area contributed by atoms with E-state index < -0.39 is 0 Å². The first kappa shape index (κ1) is 14.6. The van der Waals surface area contributed by atoms with Crippen LogP contribution in [0.4, 0.5) is 10.9 Å². The van der Waals surface area contributed by atoms with Gasteiger partial charge in [0.2, 0.25) is 0 Å². The van der Waals surface area contributed by atoms with Gasteiger partial charge in [0.15, 0.2) is 5.13 Å². The average Bonchev–Trinajstić information content (AvgIpc) is 3.15. The van der Waals surface area contributed by atoms with Crippen LogP contribution in [0.1, 0.15) is 35.4 Å². The monoisotopic (exact) mass is 310 g/mol. The summed E-state index contributed by atoms with van der Waals surface area (Å²) < 4.78 is 5.31. The van der Waals surface area contributed by atoms with Crippen molar-refractivity contribution in [2.45, 2.75) is 25.7 Å². The molecule has 0 aliphatic carbocycles. The number of carbonyl (C=O) groups is 1. The molecule has 6 nitrogen and oxygen atoms in total. The molecule has 21 heavy (non-hydrogen) atoms. The lowest BCUT2D eigenvalue weighted by atomic mass is 10.1. The number of carbonyl (C=O) groups excluding carboxylic acids is 1. The molecular formula is C14H22N4O2S. The molecule has 0 aromatic carbocycles. The lowest BCUT2D eigenvalue weighted by Gasteiger charge is -2.25. The van der Waals surface area contributed by atoms with Gasteiger partial charge in [-0.1, -0.05) is 11.3 Å². The number of nitrogens with one attached hydrogen (secondary N) is 1. The molecule has 0 saturated carbocycles. The van der Waals surface area contributed by atoms with Gasteiger partial charge in [0.1, 0.15) is 10.7 Å². The second-order valence-corrected chi connectivity index (χ2v) is 6.68. The Balaban J connectivity index is 1.61. The molecule has 3 heterocycles. The molecule has 3 N–H and O–H groups in total. The molecule has 7 heteroatoms. The van der Waals surface area contributed by atoms with Crippen molar-refractivity contribution in [2.24, 2.45) is 5.92 Å². The fraction of sp³-hybridized carbons (Fsp3) is 0.714. The van der Waals surface area contributed by atoms with Crippen molar-refractivity contribution in [3.63, 3.8) is 0 Å². The number of piperidine rings is 1. The molecule has 1 unspecified atom stereocenters. The molecule has 1 atom stereocenters. The van der Waals surface area contributed by atoms with Crippen molar-refractivity contribution in [1.82, 2.24) is 10.3 Å². The number of aromatic nitrogens is 1. The maximum atomic E-state index is 12.2. The zero-order valence-corrected chi connectivity index (χ0v) is 13.0. The van der Waals surface area contributed by atoms with E-state index in [4.69, 9.17) is 10.5 Å². The second kappa shape index (κ2) is 6.62. The molecule has 2 aliphatic rings. The van der Waals surface area contributed by atoms with Gasteiger partial charge >= 0.3 is 0 Å². The van der Waals surface area contributed by atoms with E-state index in [1.165, 1.54) is 30.6 Å². The van der Waals surface area contributed by atoms with Crippen LogP contribution in [-0.2, 0) is 4.74 Å². The van der Waals surface area contributed by atoms with Gasteiger partial charge in [-0.2, -0.15) is 0 Å². The SMILES string of the molecule is Nc1nc(N2CCCCC2)sc1C(=O)NCC1CCOC1. The Labute approximate surface area is 128 Å². The molecule has 1 amide bonds. The number of nitrogens with zero attached hydrogens (tertiary/aromatic N) is 2. The quantitative estimate of drug-likeness (QED) is 0.880. The third kappa shape index (κ3) is 3.47. The standard InChI is InChI=1S/C14H22N4O2S/c15-12-11(13(19)16-8-10-4-7-20-9-10)21-14(17-12)18-5-2-1-3-6-18/h10H,1-9,15H2,(H,16,19). The summed E-state index contributed by atoms with van der Waals surface area (Å²) in [7, 11) is 0. The summed E-state index contributed by atoms with van der Waals surface area (Å²) in [6, 6.07) is 0. The minimum atomic E-state index is -0.111. The Morgan fingerprint density at radius 2 is 2.24 bits per heavy atom. The second-order valence-electron chi connectivity index (χ2n) is 5.70. The van der Waals surface area contributed by atoms with Crippen LogP contribution in [0.25, 0.3) is 0 Å². The fourth-order valence-electron chi connectivity index (χ4n) is 2.76. The van der Waals surface area contributed by atoms with E-state index in [9.17, 15) is 4.79 Å². The van der Waals surface area contributed by atoms with Gasteiger partial charge in [-0.05, 0) is 25.7 Å². The van der Waals surface area contributed by atoms with Crippen LogP contribution < -0.4 is 16.0 Å². The lowest BCUT2D eigenvalue weighted by Crippen LogP contribution is -2.29. The number of hydrogen-bond acceptors (Lipinski definition) is 6. The molecule has 0 spiro atoms. The van der Waals surface area contributed by atoms with Crippen molar-refractivity contribution in [2.75, 3.05) is 43.5 Å². The highest BCUT2D eigenvalue weighted by Gasteiger charge is 2.22. The molecule has 2 saturated heterocycles. The number of ether oxygens (including phenoxy) is 1. The summed E-state index contributed by atoms with van der Waals surface area (Å²) in [5.74, 6) is 0.658. The molecule has 0 bridgehead atoms. The van der Waals surface area contributed by atoms with E-state index in [1.54, 1.807) is 0 Å². The first-order valence-corrected chi connectivity index (χ1v) is 8.43. The van der Waals surface area contributed by atoms with Crippen LogP contribution in [0, 0.1) is 5.92 Å². The van der Waals surface area contributed by atoms with Crippen LogP contribution >= 0.6 is 11.3 Å². The smallest absolute Gasteiger partial charge is 0.265 e. The third-order valence-electron chi connectivity index (χ3n) is 4.05. The van der Waals surface area contributed by atoms with E-state index in [0.717, 1.165) is 37.9 Å². The summed E-state index contributed by atoms with van der Waals surface area (Å²) in [5, 5.41) is 3.83. The Morgan fingerprint density at radius 1 is 1.43 bits per heavy atom. The highest BCUT2D eigenvalue weighted by Crippen LogP contribution is 2.30. The third-order valence-corrected chi connectivity index (χ3v) is 5.18. The minimum Gasteiger partial charge on any atom is -0.382 e. The van der Waals surface area contributed by atoms with Crippen LogP contribution in [-0.4, -0.2) is 43.7 Å². The number of amides is 1. The fourth-order valence-corrected chi connectivity index (χ4v) is 3.72. The molecule has 1 aromatic heterocycles. The van der Waals surface area contributed by atoms with Crippen molar-refractivity contribution in [3.8, 4) is 0 Å². The summed E-state index contributed by atoms with van der Waals surface area (Å²) >= 11 is 1.40. The zero-order valence-electron chi connectivity index (χ0n) is 12.1. The number of nitrogen functional groups attached to an aromatic ring is 1. The Bertz CT molecular complexity index is 493. The normalized spacial score (nSPS) is 22.5. The van der Waals surface area contributed by atoms with Gasteiger partial charge < -0.3 is 20.7 Å². The predicted octanol–water partition coefficient (Wildman–Crippen LogP) is 1.48. The Kier molecular flexibility index (Phi) is 4.60. The van der Waals surface area contributed by atoms with Gasteiger partial charge in [-0.15, -0.1) is 0 Å². The summed E-state index contributed by atoms with van der Waals surface area (Å²) in [6.45, 7) is 4.19. The van der Waals surface area contributed by atoms with Gasteiger partial charge in [0, 0.05) is 32.2 Å². The van der Waals surface area contributed by atoms with E-state index in [-0.39, 0.29) is 5.91 Å². The van der Waals surface area contributed by atoms with Crippen molar-refractivity contribution in [3.05, 3.63) is 4.88 Å². The minimum absolute atomic E-state index is 0.111. The van der Waals surface area contributed by atoms with Crippen molar-refractivity contribution < 1.29 is 9.53 Å². The summed E-state index contributed by atoms with van der Waals surface area (Å²) in [5.41, 5.74) is 5.92. The number of nitrogens with two attached hydrogens (primary N) is 1. The Hall–Kier alpha value is -1.34. The summed E-state index contributed by atoms with van der Waals surface area (Å²) in [4.78, 5) is 19.4. The highest BCUT2D eigenvalue weighted by molar-refractivity contribution is 7.18. The predicted molar refractivity (Wildman–Crippen MR) is 83.8 cm³/mol. The number of hydrogen-bond donors (Lipinski definition) is 2. The van der Waals surface area contributed by atoms with Gasteiger partial charge in [0.25, 0.3) is 5.91 Å². The zero-order chi connectivity index (χ0) is 14.7.